The number of ketones is 2. The maximum absolute atomic E-state index is 13.8. The number of carbonyl (C=O) groups excluding carboxylic acids is 3. The van der Waals surface area contributed by atoms with Crippen molar-refractivity contribution in [2.75, 3.05) is 27.2 Å². The van der Waals surface area contributed by atoms with E-state index in [9.17, 15) is 34.8 Å². The van der Waals surface area contributed by atoms with Gasteiger partial charge in [0.15, 0.2) is 11.4 Å². The van der Waals surface area contributed by atoms with Gasteiger partial charge in [0.05, 0.1) is 11.6 Å². The molecule has 1 saturated heterocycles. The van der Waals surface area contributed by atoms with Crippen molar-refractivity contribution >= 4 is 29.1 Å². The molecular formula is C30H38ClN3O7. The van der Waals surface area contributed by atoms with Gasteiger partial charge in [0.2, 0.25) is 5.78 Å². The number of carbonyl (C=O) groups is 3. The molecule has 222 valence electrons. The number of phenols is 1. The molecule has 4 aliphatic rings. The third-order valence-electron chi connectivity index (χ3n) is 10.1. The van der Waals surface area contributed by atoms with Gasteiger partial charge in [-0.05, 0) is 81.3 Å². The number of likely N-dealkylation sites (N-methyl/N-ethyl adjacent to an activating group) is 1. The molecule has 0 unspecified atom stereocenters. The van der Waals surface area contributed by atoms with Crippen molar-refractivity contribution in [1.82, 2.24) is 9.80 Å². The van der Waals surface area contributed by atoms with E-state index in [1.165, 1.54) is 11.0 Å². The summed E-state index contributed by atoms with van der Waals surface area (Å²) in [6, 6.07) is 0.442. The van der Waals surface area contributed by atoms with Crippen LogP contribution in [-0.4, -0.2) is 86.5 Å². The zero-order valence-electron chi connectivity index (χ0n) is 23.8. The Labute approximate surface area is 244 Å². The van der Waals surface area contributed by atoms with E-state index in [1.807, 2.05) is 0 Å². The number of aromatic hydroxyl groups is 1. The molecule has 1 aromatic carbocycles. The fourth-order valence-corrected chi connectivity index (χ4v) is 7.99. The number of hydrogen-bond acceptors (Lipinski definition) is 9. The normalized spacial score (nSPS) is 29.6. The SMILES string of the molecule is CCC1(CC)CCN(Cc2cc(O)c3c(c2Cl)C[C@H]2C[C@H]4[C@H](N(C)C)C(O)=C(C(N)=O)C(=O)[C@@]4(O)C(O)=C2C3=O)C1. The zero-order valence-corrected chi connectivity index (χ0v) is 24.6. The molecule has 6 N–H and O–H groups in total. The molecule has 5 rings (SSSR count). The second kappa shape index (κ2) is 10.1. The highest BCUT2D eigenvalue weighted by Gasteiger charge is 2.63. The molecule has 1 aliphatic heterocycles. The number of Topliss-reactive ketones (excluding diaryl/α,β-unsaturated/α-hetero) is 2. The van der Waals surface area contributed by atoms with Crippen LogP contribution in [-0.2, 0) is 22.6 Å². The molecule has 0 radical (unpaired) electrons. The summed E-state index contributed by atoms with van der Waals surface area (Å²) in [5.41, 5.74) is 3.03. The summed E-state index contributed by atoms with van der Waals surface area (Å²) in [6.45, 7) is 6.74. The van der Waals surface area contributed by atoms with Gasteiger partial charge >= 0.3 is 0 Å². The largest absolute Gasteiger partial charge is 0.510 e. The van der Waals surface area contributed by atoms with Gasteiger partial charge in [0, 0.05) is 29.6 Å². The molecule has 3 aliphatic carbocycles. The Kier molecular flexibility index (Phi) is 7.29. The zero-order chi connectivity index (χ0) is 30.2. The number of phenolic OH excluding ortho intramolecular Hbond substituents is 1. The molecule has 1 fully saturated rings. The van der Waals surface area contributed by atoms with Crippen LogP contribution >= 0.6 is 11.6 Å². The van der Waals surface area contributed by atoms with Crippen molar-refractivity contribution in [2.24, 2.45) is 23.0 Å². The molecule has 0 spiro atoms. The molecule has 1 amide bonds. The number of hydrogen-bond donors (Lipinski definition) is 5. The maximum atomic E-state index is 13.8. The van der Waals surface area contributed by atoms with Gasteiger partial charge in [-0.3, -0.25) is 24.2 Å². The summed E-state index contributed by atoms with van der Waals surface area (Å²) in [7, 11) is 3.19. The molecule has 1 heterocycles. The van der Waals surface area contributed by atoms with Crippen LogP contribution in [0.2, 0.25) is 5.02 Å². The Bertz CT molecular complexity index is 1410. The van der Waals surface area contributed by atoms with Crippen LogP contribution in [0.5, 0.6) is 5.75 Å². The summed E-state index contributed by atoms with van der Waals surface area (Å²) >= 11 is 6.91. The highest BCUT2D eigenvalue weighted by atomic mass is 35.5. The minimum atomic E-state index is -2.66. The van der Waals surface area contributed by atoms with Crippen molar-refractivity contribution in [1.29, 1.82) is 0 Å². The predicted octanol–water partition coefficient (Wildman–Crippen LogP) is 2.79. The lowest BCUT2D eigenvalue weighted by Gasteiger charge is -2.50. The van der Waals surface area contributed by atoms with Crippen LogP contribution in [0.3, 0.4) is 0 Å². The molecule has 0 bridgehead atoms. The molecule has 1 aromatic rings. The lowest BCUT2D eigenvalue weighted by molar-refractivity contribution is -0.148. The molecule has 0 aromatic heterocycles. The second-order valence-corrected chi connectivity index (χ2v) is 12.7. The standard InChI is InChI=1S/C30H38ClN3O7/c1-5-29(6-2)7-8-34(13-29)12-15-11-18(35)20-16(22(15)31)9-14-10-17-23(33(3)4)25(37)21(28(32)40)27(39)30(17,41)26(38)19(14)24(20)36/h11,14,17,23,35,37-38,41H,5-10,12-13H2,1-4H3,(H2,32,40)/t14-,17-,23-,30-/m0/s1. The smallest absolute Gasteiger partial charge is 0.255 e. The van der Waals surface area contributed by atoms with Gasteiger partial charge in [-0.2, -0.15) is 0 Å². The van der Waals surface area contributed by atoms with Crippen molar-refractivity contribution in [3.63, 3.8) is 0 Å². The first-order valence-corrected chi connectivity index (χ1v) is 14.5. The number of nitrogens with two attached hydrogens (primary N) is 1. The monoisotopic (exact) mass is 587 g/mol. The second-order valence-electron chi connectivity index (χ2n) is 12.4. The van der Waals surface area contributed by atoms with E-state index in [0.717, 1.165) is 32.4 Å². The minimum absolute atomic E-state index is 0.0225. The Hall–Kier alpha value is -2.92. The highest BCUT2D eigenvalue weighted by Crippen LogP contribution is 2.53. The van der Waals surface area contributed by atoms with E-state index in [0.29, 0.717) is 22.7 Å². The Balaban J connectivity index is 1.57. The molecule has 10 nitrogen and oxygen atoms in total. The first-order valence-electron chi connectivity index (χ1n) is 14.1. The number of aliphatic hydroxyl groups is 3. The summed E-state index contributed by atoms with van der Waals surface area (Å²) in [6.07, 6.45) is 3.43. The number of benzene rings is 1. The summed E-state index contributed by atoms with van der Waals surface area (Å²) in [5, 5.41) is 45.4. The number of nitrogens with zero attached hydrogens (tertiary/aromatic N) is 2. The van der Waals surface area contributed by atoms with Crippen molar-refractivity contribution in [3.8, 4) is 5.75 Å². The number of allylic oxidation sites excluding steroid dienone is 1. The number of rotatable bonds is 6. The fraction of sp³-hybridized carbons (Fsp3) is 0.567. The van der Waals surface area contributed by atoms with E-state index < -0.39 is 58.0 Å². The molecule has 11 heteroatoms. The van der Waals surface area contributed by atoms with Crippen LogP contribution in [0.25, 0.3) is 0 Å². The van der Waals surface area contributed by atoms with Gasteiger partial charge in [-0.15, -0.1) is 0 Å². The van der Waals surface area contributed by atoms with Gasteiger partial charge < -0.3 is 26.2 Å². The van der Waals surface area contributed by atoms with Crippen molar-refractivity contribution < 1.29 is 34.8 Å². The van der Waals surface area contributed by atoms with Gasteiger partial charge in [0.25, 0.3) is 5.91 Å². The summed E-state index contributed by atoms with van der Waals surface area (Å²) < 4.78 is 0. The number of halogens is 1. The van der Waals surface area contributed by atoms with Gasteiger partial charge in [-0.1, -0.05) is 25.4 Å². The Morgan fingerprint density at radius 2 is 1.85 bits per heavy atom. The van der Waals surface area contributed by atoms with E-state index in [-0.39, 0.29) is 35.1 Å². The fourth-order valence-electron chi connectivity index (χ4n) is 7.70. The van der Waals surface area contributed by atoms with Crippen LogP contribution in [0.15, 0.2) is 28.7 Å². The molecule has 4 atom stereocenters. The Morgan fingerprint density at radius 1 is 1.20 bits per heavy atom. The number of likely N-dealkylation sites (tertiary alicyclic amines) is 1. The summed E-state index contributed by atoms with van der Waals surface area (Å²) in [4.78, 5) is 43.2. The van der Waals surface area contributed by atoms with E-state index in [2.05, 4.69) is 18.7 Å². The number of amides is 1. The van der Waals surface area contributed by atoms with Gasteiger partial charge in [-0.25, -0.2) is 0 Å². The molecule has 41 heavy (non-hydrogen) atoms. The van der Waals surface area contributed by atoms with Crippen molar-refractivity contribution in [3.05, 3.63) is 50.4 Å². The number of fused-ring (bicyclic) bond motifs is 3. The number of aliphatic hydroxyl groups excluding tert-OH is 2. The third kappa shape index (κ3) is 4.21. The van der Waals surface area contributed by atoms with Crippen LogP contribution < -0.4 is 5.73 Å². The van der Waals surface area contributed by atoms with Crippen molar-refractivity contribution in [2.45, 2.75) is 64.1 Å². The number of primary amides is 1. The quantitative estimate of drug-likeness (QED) is 0.315. The van der Waals surface area contributed by atoms with Gasteiger partial charge in [0.1, 0.15) is 22.8 Å². The first-order chi connectivity index (χ1) is 19.2. The molecule has 0 saturated carbocycles. The lowest BCUT2D eigenvalue weighted by atomic mass is 9.58. The van der Waals surface area contributed by atoms with E-state index in [4.69, 9.17) is 17.3 Å². The topological polar surface area (TPSA) is 165 Å². The van der Waals surface area contributed by atoms with Crippen LogP contribution in [0.4, 0.5) is 0 Å². The average Bonchev–Trinajstić information content (AvgIpc) is 3.32. The van der Waals surface area contributed by atoms with E-state index in [1.54, 1.807) is 14.1 Å². The van der Waals surface area contributed by atoms with Crippen LogP contribution in [0, 0.1) is 17.3 Å². The predicted molar refractivity (Wildman–Crippen MR) is 152 cm³/mol. The highest BCUT2D eigenvalue weighted by molar-refractivity contribution is 6.33. The van der Waals surface area contributed by atoms with Crippen LogP contribution in [0.1, 0.15) is 61.0 Å². The maximum Gasteiger partial charge on any atom is 0.255 e. The third-order valence-corrected chi connectivity index (χ3v) is 10.6. The minimum Gasteiger partial charge on any atom is -0.510 e. The van der Waals surface area contributed by atoms with E-state index >= 15 is 0 Å². The first kappa shape index (κ1) is 29.6. The average molecular weight is 588 g/mol. The Morgan fingerprint density at radius 3 is 2.41 bits per heavy atom. The molecular weight excluding hydrogens is 550 g/mol. The summed E-state index contributed by atoms with van der Waals surface area (Å²) in [5.74, 6) is -6.76. The lowest BCUT2D eigenvalue weighted by Crippen LogP contribution is -2.63.